The van der Waals surface area contributed by atoms with E-state index in [0.29, 0.717) is 0 Å². The molecule has 0 fully saturated rings. The van der Waals surface area contributed by atoms with E-state index in [1.165, 1.54) is 0 Å². The Morgan fingerprint density at radius 2 is 1.62 bits per heavy atom. The van der Waals surface area contributed by atoms with Crippen LogP contribution in [0.3, 0.4) is 0 Å². The lowest BCUT2D eigenvalue weighted by molar-refractivity contribution is 0.764. The quantitative estimate of drug-likeness (QED) is 0.671. The Hall–Kier alpha value is -3.01. The predicted molar refractivity (Wildman–Crippen MR) is 108 cm³/mol. The molecule has 1 aliphatic rings. The summed E-state index contributed by atoms with van der Waals surface area (Å²) in [6.07, 6.45) is 9.35. The molecule has 4 rings (SSSR count). The van der Waals surface area contributed by atoms with Gasteiger partial charge in [-0.05, 0) is 6.42 Å². The van der Waals surface area contributed by atoms with E-state index in [1.54, 1.807) is 0 Å². The summed E-state index contributed by atoms with van der Waals surface area (Å²) in [5.41, 5.74) is 3.17. The first-order valence-corrected chi connectivity index (χ1v) is 8.88. The standard InChI is InChI=1S/C22H19BN3/c1-23-19-14-8-13-18(15-19)22-25-20(16-9-4-2-5-10-16)24-21(26-22)17-11-6-3-7-12-17/h2-11,13-15,17H,12H2,1H3. The van der Waals surface area contributed by atoms with E-state index in [9.17, 15) is 0 Å². The van der Waals surface area contributed by atoms with Crippen LogP contribution < -0.4 is 5.46 Å². The van der Waals surface area contributed by atoms with E-state index in [4.69, 9.17) is 15.0 Å². The van der Waals surface area contributed by atoms with Crippen LogP contribution in [0.15, 0.2) is 78.9 Å². The molecule has 0 N–H and O–H groups in total. The van der Waals surface area contributed by atoms with Gasteiger partial charge in [-0.2, -0.15) is 0 Å². The Bertz CT molecular complexity index is 964. The highest BCUT2D eigenvalue weighted by molar-refractivity contribution is 6.52. The molecule has 1 aliphatic carbocycles. The van der Waals surface area contributed by atoms with E-state index in [0.717, 1.165) is 40.5 Å². The van der Waals surface area contributed by atoms with Crippen molar-refractivity contribution < 1.29 is 0 Å². The van der Waals surface area contributed by atoms with Gasteiger partial charge in [0.1, 0.15) is 13.1 Å². The molecule has 1 atom stereocenters. The van der Waals surface area contributed by atoms with Gasteiger partial charge in [0.15, 0.2) is 11.6 Å². The Balaban J connectivity index is 1.84. The summed E-state index contributed by atoms with van der Waals surface area (Å²) in [5, 5.41) is 0. The molecule has 1 radical (unpaired) electrons. The minimum absolute atomic E-state index is 0.185. The summed E-state index contributed by atoms with van der Waals surface area (Å²) in [7, 11) is 2.08. The van der Waals surface area contributed by atoms with Crippen LogP contribution >= 0.6 is 0 Å². The van der Waals surface area contributed by atoms with Crippen molar-refractivity contribution in [3.63, 3.8) is 0 Å². The highest BCUT2D eigenvalue weighted by Gasteiger charge is 2.17. The zero-order chi connectivity index (χ0) is 17.8. The molecule has 3 aromatic rings. The second-order valence-electron chi connectivity index (χ2n) is 6.28. The molecule has 3 nitrogen and oxygen atoms in total. The Morgan fingerprint density at radius 3 is 2.35 bits per heavy atom. The minimum atomic E-state index is 0.185. The van der Waals surface area contributed by atoms with Crippen molar-refractivity contribution in [2.45, 2.75) is 19.2 Å². The molecular formula is C22H19BN3. The van der Waals surface area contributed by atoms with Crippen molar-refractivity contribution in [3.8, 4) is 22.8 Å². The van der Waals surface area contributed by atoms with Crippen LogP contribution in [0, 0.1) is 0 Å². The topological polar surface area (TPSA) is 38.7 Å². The lowest BCUT2D eigenvalue weighted by Crippen LogP contribution is -2.11. The van der Waals surface area contributed by atoms with Gasteiger partial charge in [-0.25, -0.2) is 15.0 Å². The van der Waals surface area contributed by atoms with Gasteiger partial charge in [0.25, 0.3) is 0 Å². The number of allylic oxidation sites excluding steroid dienone is 4. The molecule has 0 saturated heterocycles. The van der Waals surface area contributed by atoms with Crippen molar-refractivity contribution in [1.82, 2.24) is 15.0 Å². The lowest BCUT2D eigenvalue weighted by atomic mass is 9.73. The van der Waals surface area contributed by atoms with Crippen molar-refractivity contribution in [2.75, 3.05) is 0 Å². The molecule has 4 heteroatoms. The van der Waals surface area contributed by atoms with Crippen LogP contribution in [0.5, 0.6) is 0 Å². The fourth-order valence-corrected chi connectivity index (χ4v) is 3.03. The van der Waals surface area contributed by atoms with Crippen molar-refractivity contribution in [2.24, 2.45) is 0 Å². The molecule has 1 unspecified atom stereocenters. The van der Waals surface area contributed by atoms with Gasteiger partial charge in [-0.15, -0.1) is 0 Å². The molecule has 0 spiro atoms. The third-order valence-corrected chi connectivity index (χ3v) is 4.48. The maximum Gasteiger partial charge on any atom is 0.163 e. The van der Waals surface area contributed by atoms with Crippen LogP contribution in [0.4, 0.5) is 0 Å². The van der Waals surface area contributed by atoms with Crippen LogP contribution in [0.25, 0.3) is 22.8 Å². The van der Waals surface area contributed by atoms with E-state index in [1.807, 2.05) is 43.2 Å². The van der Waals surface area contributed by atoms with Gasteiger partial charge in [0.2, 0.25) is 0 Å². The van der Waals surface area contributed by atoms with Crippen LogP contribution in [-0.2, 0) is 0 Å². The molecule has 125 valence electrons. The Kier molecular flexibility index (Phi) is 4.74. The highest BCUT2D eigenvalue weighted by Crippen LogP contribution is 2.26. The monoisotopic (exact) mass is 336 g/mol. The van der Waals surface area contributed by atoms with Crippen molar-refractivity contribution >= 4 is 12.7 Å². The second-order valence-corrected chi connectivity index (χ2v) is 6.28. The number of rotatable bonds is 4. The summed E-state index contributed by atoms with van der Waals surface area (Å²) in [4.78, 5) is 14.4. The number of hydrogen-bond acceptors (Lipinski definition) is 3. The van der Waals surface area contributed by atoms with Crippen LogP contribution in [0.2, 0.25) is 6.82 Å². The maximum absolute atomic E-state index is 4.81. The predicted octanol–water partition coefficient (Wildman–Crippen LogP) is 4.18. The minimum Gasteiger partial charge on any atom is -0.212 e. The lowest BCUT2D eigenvalue weighted by Gasteiger charge is -2.14. The largest absolute Gasteiger partial charge is 0.212 e. The summed E-state index contributed by atoms with van der Waals surface area (Å²) in [6.45, 7) is 2.03. The number of hydrogen-bond donors (Lipinski definition) is 0. The van der Waals surface area contributed by atoms with Crippen molar-refractivity contribution in [3.05, 3.63) is 84.7 Å². The summed E-state index contributed by atoms with van der Waals surface area (Å²) < 4.78 is 0. The highest BCUT2D eigenvalue weighted by atomic mass is 15.0. The van der Waals surface area contributed by atoms with Gasteiger partial charge in [0.05, 0.1) is 0 Å². The SMILES string of the molecule is C[B]c1cccc(-c2nc(-c3ccccc3)nc(C3C=CC=CC3)n2)c1. The van der Waals surface area contributed by atoms with Gasteiger partial charge in [-0.3, -0.25) is 0 Å². The second kappa shape index (κ2) is 7.48. The maximum atomic E-state index is 4.81. The Morgan fingerprint density at radius 1 is 0.846 bits per heavy atom. The first kappa shape index (κ1) is 16.5. The van der Waals surface area contributed by atoms with Gasteiger partial charge >= 0.3 is 0 Å². The van der Waals surface area contributed by atoms with E-state index in [2.05, 4.69) is 49.8 Å². The summed E-state index contributed by atoms with van der Waals surface area (Å²) in [6, 6.07) is 18.4. The molecule has 0 bridgehead atoms. The molecule has 1 heterocycles. The Labute approximate surface area is 154 Å². The first-order valence-electron chi connectivity index (χ1n) is 8.88. The van der Waals surface area contributed by atoms with E-state index >= 15 is 0 Å². The third-order valence-electron chi connectivity index (χ3n) is 4.48. The average molecular weight is 336 g/mol. The average Bonchev–Trinajstić information content (AvgIpc) is 2.75. The van der Waals surface area contributed by atoms with Crippen molar-refractivity contribution in [1.29, 1.82) is 0 Å². The van der Waals surface area contributed by atoms with Gasteiger partial charge in [0, 0.05) is 17.0 Å². The molecule has 1 aromatic heterocycles. The molecule has 0 amide bonds. The van der Waals surface area contributed by atoms with Gasteiger partial charge < -0.3 is 0 Å². The zero-order valence-electron chi connectivity index (χ0n) is 14.7. The van der Waals surface area contributed by atoms with E-state index in [-0.39, 0.29) is 5.92 Å². The fourth-order valence-electron chi connectivity index (χ4n) is 3.03. The smallest absolute Gasteiger partial charge is 0.163 e. The molecule has 26 heavy (non-hydrogen) atoms. The molecule has 0 saturated carbocycles. The summed E-state index contributed by atoms with van der Waals surface area (Å²) in [5.74, 6) is 2.45. The van der Waals surface area contributed by atoms with Crippen LogP contribution in [0.1, 0.15) is 18.2 Å². The molecule has 2 aromatic carbocycles. The summed E-state index contributed by atoms with van der Waals surface area (Å²) >= 11 is 0. The molecular weight excluding hydrogens is 317 g/mol. The zero-order valence-corrected chi connectivity index (χ0v) is 14.7. The van der Waals surface area contributed by atoms with E-state index < -0.39 is 0 Å². The fraction of sp³-hybridized carbons (Fsp3) is 0.136. The normalized spacial score (nSPS) is 15.8. The van der Waals surface area contributed by atoms with Gasteiger partial charge in [-0.1, -0.05) is 91.2 Å². The number of nitrogens with zero attached hydrogens (tertiary/aromatic N) is 3. The molecule has 0 aliphatic heterocycles. The number of benzene rings is 2. The van der Waals surface area contributed by atoms with Crippen LogP contribution in [-0.4, -0.2) is 22.2 Å². The number of aromatic nitrogens is 3. The first-order chi connectivity index (χ1) is 12.8. The third kappa shape index (κ3) is 3.50.